The van der Waals surface area contributed by atoms with Crippen molar-refractivity contribution in [1.29, 1.82) is 0 Å². The Bertz CT molecular complexity index is 1330. The van der Waals surface area contributed by atoms with E-state index in [1.54, 1.807) is 22.7 Å². The van der Waals surface area contributed by atoms with Crippen molar-refractivity contribution in [3.8, 4) is 0 Å². The van der Waals surface area contributed by atoms with Crippen LogP contribution in [0.4, 0.5) is 5.69 Å². The number of fused-ring (bicyclic) bond motifs is 1. The highest BCUT2D eigenvalue weighted by Crippen LogP contribution is 2.26. The van der Waals surface area contributed by atoms with Gasteiger partial charge in [0.2, 0.25) is 10.0 Å². The number of sulfonamides is 1. The van der Waals surface area contributed by atoms with Gasteiger partial charge < -0.3 is 9.88 Å². The summed E-state index contributed by atoms with van der Waals surface area (Å²) in [5.74, 6) is 0. The van der Waals surface area contributed by atoms with E-state index in [0.717, 1.165) is 47.1 Å². The molecule has 2 aromatic carbocycles. The second-order valence-electron chi connectivity index (χ2n) is 8.19. The van der Waals surface area contributed by atoms with Gasteiger partial charge in [-0.15, -0.1) is 0 Å². The maximum absolute atomic E-state index is 13.3. The number of nitrogens with one attached hydrogen (secondary N) is 2. The summed E-state index contributed by atoms with van der Waals surface area (Å²) in [7, 11) is -3.58. The maximum atomic E-state index is 13.3. The summed E-state index contributed by atoms with van der Waals surface area (Å²) in [4.78, 5) is 0.289. The highest BCUT2D eigenvalue weighted by atomic mass is 35.5. The molecule has 0 unspecified atom stereocenters. The molecule has 0 radical (unpaired) electrons. The summed E-state index contributed by atoms with van der Waals surface area (Å²) >= 11 is 11.5. The van der Waals surface area contributed by atoms with Gasteiger partial charge in [-0.05, 0) is 74.8 Å². The second kappa shape index (κ2) is 12.0. The summed E-state index contributed by atoms with van der Waals surface area (Å²) < 4.78 is 30.2. The zero-order chi connectivity index (χ0) is 25.6. The maximum Gasteiger partial charge on any atom is 0.243 e. The first-order valence-corrected chi connectivity index (χ1v) is 13.9. The molecule has 2 N–H and O–H groups in total. The Hall–Kier alpha value is -2.46. The predicted molar refractivity (Wildman–Crippen MR) is 150 cm³/mol. The van der Waals surface area contributed by atoms with Crippen LogP contribution in [0.2, 0.25) is 5.02 Å². The highest BCUT2D eigenvalue weighted by Gasteiger charge is 2.24. The predicted octanol–water partition coefficient (Wildman–Crippen LogP) is 5.75. The Labute approximate surface area is 218 Å². The van der Waals surface area contributed by atoms with Gasteiger partial charge in [-0.2, -0.15) is 9.41 Å². The minimum absolute atomic E-state index is 0.289. The minimum Gasteiger partial charge on any atom is -0.347 e. The summed E-state index contributed by atoms with van der Waals surface area (Å²) in [5.41, 5.74) is 6.26. The summed E-state index contributed by atoms with van der Waals surface area (Å²) in [6.07, 6.45) is 5.14. The fourth-order valence-corrected chi connectivity index (χ4v) is 5.87. The van der Waals surface area contributed by atoms with Crippen LogP contribution in [0, 0.1) is 6.92 Å². The van der Waals surface area contributed by atoms with Crippen molar-refractivity contribution in [3.05, 3.63) is 58.7 Å². The Morgan fingerprint density at radius 2 is 1.89 bits per heavy atom. The standard InChI is InChI=1S/C25H32ClN5O2S2/c1-5-13-31(14-6-2)35(32,33)20-11-12-24-21(15-20)19(17-30(24)7-3)16-27-29-25(34)28-23-10-8-9-22(26)18(23)4/h8-12,15-17H,5-7,13-14H2,1-4H3,(H2,28,29,34). The molecular formula is C25H32ClN5O2S2. The van der Waals surface area contributed by atoms with E-state index >= 15 is 0 Å². The number of anilines is 1. The molecule has 3 aromatic rings. The average molecular weight is 534 g/mol. The lowest BCUT2D eigenvalue weighted by Crippen LogP contribution is -2.32. The van der Waals surface area contributed by atoms with Crippen LogP contribution in [0.15, 0.2) is 52.6 Å². The lowest BCUT2D eigenvalue weighted by molar-refractivity contribution is 0.410. The van der Waals surface area contributed by atoms with Crippen LogP contribution in [0.1, 0.15) is 44.7 Å². The SMILES string of the molecule is CCCN(CCC)S(=O)(=O)c1ccc2c(c1)c(C=NNC(=S)Nc1cccc(Cl)c1C)cn2CC. The molecule has 7 nitrogen and oxygen atoms in total. The Morgan fingerprint density at radius 3 is 2.54 bits per heavy atom. The molecule has 0 saturated heterocycles. The number of aryl methyl sites for hydroxylation is 1. The van der Waals surface area contributed by atoms with Crippen LogP contribution in [-0.4, -0.2) is 41.7 Å². The first kappa shape index (κ1) is 27.1. The molecule has 0 aliphatic rings. The zero-order valence-electron chi connectivity index (χ0n) is 20.5. The Balaban J connectivity index is 1.87. The van der Waals surface area contributed by atoms with E-state index in [0.29, 0.717) is 23.2 Å². The van der Waals surface area contributed by atoms with Crippen molar-refractivity contribution in [2.45, 2.75) is 52.0 Å². The smallest absolute Gasteiger partial charge is 0.243 e. The lowest BCUT2D eigenvalue weighted by Gasteiger charge is -2.21. The van der Waals surface area contributed by atoms with E-state index in [1.807, 2.05) is 58.2 Å². The van der Waals surface area contributed by atoms with Crippen LogP contribution < -0.4 is 10.7 Å². The van der Waals surface area contributed by atoms with Gasteiger partial charge in [0.1, 0.15) is 0 Å². The largest absolute Gasteiger partial charge is 0.347 e. The van der Waals surface area contributed by atoms with Crippen LogP contribution in [0.5, 0.6) is 0 Å². The highest BCUT2D eigenvalue weighted by molar-refractivity contribution is 7.89. The molecule has 0 atom stereocenters. The van der Waals surface area contributed by atoms with Gasteiger partial charge in [0.15, 0.2) is 5.11 Å². The second-order valence-corrected chi connectivity index (χ2v) is 10.9. The first-order chi connectivity index (χ1) is 16.7. The fraction of sp³-hybridized carbons (Fsp3) is 0.360. The number of benzene rings is 2. The van der Waals surface area contributed by atoms with Crippen LogP contribution >= 0.6 is 23.8 Å². The number of hydrogen-bond donors (Lipinski definition) is 2. The molecule has 35 heavy (non-hydrogen) atoms. The third-order valence-corrected chi connectivity index (χ3v) is 8.19. The van der Waals surface area contributed by atoms with Crippen LogP contribution in [0.25, 0.3) is 10.9 Å². The summed E-state index contributed by atoms with van der Waals surface area (Å²) in [5, 5.41) is 9.16. The van der Waals surface area contributed by atoms with Crippen molar-refractivity contribution in [2.24, 2.45) is 5.10 Å². The number of hydrogen-bond acceptors (Lipinski definition) is 4. The number of aromatic nitrogens is 1. The minimum atomic E-state index is -3.58. The zero-order valence-corrected chi connectivity index (χ0v) is 22.9. The van der Waals surface area contributed by atoms with Crippen molar-refractivity contribution >= 4 is 61.8 Å². The monoisotopic (exact) mass is 533 g/mol. The van der Waals surface area contributed by atoms with Gasteiger partial charge in [-0.3, -0.25) is 5.43 Å². The van der Waals surface area contributed by atoms with Crippen LogP contribution in [-0.2, 0) is 16.6 Å². The van der Waals surface area contributed by atoms with Crippen LogP contribution in [0.3, 0.4) is 0 Å². The Morgan fingerprint density at radius 1 is 1.17 bits per heavy atom. The third-order valence-electron chi connectivity index (χ3n) is 5.69. The molecule has 0 saturated carbocycles. The lowest BCUT2D eigenvalue weighted by atomic mass is 10.2. The van der Waals surface area contributed by atoms with Gasteiger partial charge in [-0.1, -0.05) is 31.5 Å². The van der Waals surface area contributed by atoms with E-state index in [4.69, 9.17) is 23.8 Å². The fourth-order valence-electron chi connectivity index (χ4n) is 3.88. The molecule has 0 aliphatic heterocycles. The van der Waals surface area contributed by atoms with Gasteiger partial charge >= 0.3 is 0 Å². The quantitative estimate of drug-likeness (QED) is 0.197. The van der Waals surface area contributed by atoms with E-state index in [2.05, 4.69) is 20.4 Å². The summed E-state index contributed by atoms with van der Waals surface area (Å²) in [6, 6.07) is 10.8. The normalized spacial score (nSPS) is 12.1. The molecule has 0 aliphatic carbocycles. The van der Waals surface area contributed by atoms with Crippen molar-refractivity contribution in [3.63, 3.8) is 0 Å². The molecule has 188 valence electrons. The van der Waals surface area contributed by atoms with Crippen molar-refractivity contribution in [1.82, 2.24) is 14.3 Å². The number of nitrogens with zero attached hydrogens (tertiary/aromatic N) is 3. The third kappa shape index (κ3) is 6.22. The average Bonchev–Trinajstić information content (AvgIpc) is 3.19. The molecule has 0 fully saturated rings. The molecule has 0 amide bonds. The molecule has 1 aromatic heterocycles. The van der Waals surface area contributed by atoms with Crippen molar-refractivity contribution in [2.75, 3.05) is 18.4 Å². The van der Waals surface area contributed by atoms with E-state index in [9.17, 15) is 8.42 Å². The van der Waals surface area contributed by atoms with E-state index in [1.165, 1.54) is 0 Å². The van der Waals surface area contributed by atoms with Crippen molar-refractivity contribution < 1.29 is 8.42 Å². The first-order valence-electron chi connectivity index (χ1n) is 11.7. The molecule has 1 heterocycles. The number of rotatable bonds is 10. The van der Waals surface area contributed by atoms with Gasteiger partial charge in [0, 0.05) is 53.0 Å². The summed E-state index contributed by atoms with van der Waals surface area (Å²) in [6.45, 7) is 9.66. The Kier molecular flexibility index (Phi) is 9.29. The molecule has 10 heteroatoms. The molecule has 3 rings (SSSR count). The van der Waals surface area contributed by atoms with Gasteiger partial charge in [0.25, 0.3) is 0 Å². The molecule has 0 spiro atoms. The molecule has 0 bridgehead atoms. The van der Waals surface area contributed by atoms with Gasteiger partial charge in [0.05, 0.1) is 11.1 Å². The number of hydrazone groups is 1. The molecular weight excluding hydrogens is 502 g/mol. The topological polar surface area (TPSA) is 78.7 Å². The number of thiocarbonyl (C=S) groups is 1. The van der Waals surface area contributed by atoms with E-state index < -0.39 is 10.0 Å². The van der Waals surface area contributed by atoms with E-state index in [-0.39, 0.29) is 4.90 Å². The number of halogens is 1. The van der Waals surface area contributed by atoms with Gasteiger partial charge in [-0.25, -0.2) is 8.42 Å².